The standard InChI is InChI=1S/C26H24N2O6/c1-32-18-8-6-7-16(13-18)15-28-23(19-9-4-5-12-27-19)22(25(30)26(28)31)24(29)17-10-11-20(33-2)21(14-17)34-3/h4-14,23,29H,15H2,1-3H3/b24-22-. The average molecular weight is 460 g/mol. The molecule has 1 fully saturated rings. The number of likely N-dealkylation sites (tertiary alicyclic amines) is 1. The Morgan fingerprint density at radius 2 is 1.74 bits per heavy atom. The highest BCUT2D eigenvalue weighted by atomic mass is 16.5. The van der Waals surface area contributed by atoms with Gasteiger partial charge in [0.25, 0.3) is 11.7 Å². The van der Waals surface area contributed by atoms with E-state index in [0.717, 1.165) is 5.56 Å². The highest BCUT2D eigenvalue weighted by Gasteiger charge is 2.46. The maximum absolute atomic E-state index is 13.2. The summed E-state index contributed by atoms with van der Waals surface area (Å²) in [6, 6.07) is 16.4. The second-order valence-corrected chi connectivity index (χ2v) is 7.60. The first-order valence-electron chi connectivity index (χ1n) is 10.5. The Morgan fingerprint density at radius 1 is 0.941 bits per heavy atom. The summed E-state index contributed by atoms with van der Waals surface area (Å²) in [5.74, 6) is -0.339. The number of hydrogen-bond acceptors (Lipinski definition) is 7. The highest BCUT2D eigenvalue weighted by Crippen LogP contribution is 2.40. The molecule has 1 saturated heterocycles. The van der Waals surface area contributed by atoms with E-state index in [2.05, 4.69) is 4.98 Å². The molecule has 2 heterocycles. The number of ketones is 1. The van der Waals surface area contributed by atoms with E-state index in [1.807, 2.05) is 12.1 Å². The summed E-state index contributed by atoms with van der Waals surface area (Å²) in [6.45, 7) is 0.131. The van der Waals surface area contributed by atoms with Crippen LogP contribution in [0.25, 0.3) is 5.76 Å². The third-order valence-corrected chi connectivity index (χ3v) is 5.65. The summed E-state index contributed by atoms with van der Waals surface area (Å²) >= 11 is 0. The van der Waals surface area contributed by atoms with Crippen molar-refractivity contribution in [1.82, 2.24) is 9.88 Å². The van der Waals surface area contributed by atoms with Crippen molar-refractivity contribution in [2.75, 3.05) is 21.3 Å². The summed E-state index contributed by atoms with van der Waals surface area (Å²) < 4.78 is 15.9. The van der Waals surface area contributed by atoms with Gasteiger partial charge in [0.2, 0.25) is 0 Å². The lowest BCUT2D eigenvalue weighted by molar-refractivity contribution is -0.140. The summed E-state index contributed by atoms with van der Waals surface area (Å²) in [5.41, 5.74) is 1.51. The fraction of sp³-hybridized carbons (Fsp3) is 0.192. The van der Waals surface area contributed by atoms with Crippen molar-refractivity contribution in [3.63, 3.8) is 0 Å². The van der Waals surface area contributed by atoms with Crippen LogP contribution >= 0.6 is 0 Å². The van der Waals surface area contributed by atoms with E-state index in [9.17, 15) is 14.7 Å². The third kappa shape index (κ3) is 4.17. The maximum atomic E-state index is 13.2. The van der Waals surface area contributed by atoms with Crippen LogP contribution < -0.4 is 14.2 Å². The summed E-state index contributed by atoms with van der Waals surface area (Å²) in [4.78, 5) is 32.1. The Morgan fingerprint density at radius 3 is 2.41 bits per heavy atom. The van der Waals surface area contributed by atoms with Crippen molar-refractivity contribution in [3.05, 3.63) is 89.3 Å². The topological polar surface area (TPSA) is 98.2 Å². The van der Waals surface area contributed by atoms with Crippen molar-refractivity contribution in [2.24, 2.45) is 0 Å². The van der Waals surface area contributed by atoms with Gasteiger partial charge in [0.05, 0.1) is 32.6 Å². The van der Waals surface area contributed by atoms with Gasteiger partial charge in [-0.3, -0.25) is 14.6 Å². The van der Waals surface area contributed by atoms with Gasteiger partial charge in [-0.2, -0.15) is 0 Å². The van der Waals surface area contributed by atoms with Crippen LogP contribution in [-0.4, -0.2) is 48.0 Å². The van der Waals surface area contributed by atoms with E-state index in [-0.39, 0.29) is 17.9 Å². The minimum Gasteiger partial charge on any atom is -0.507 e. The molecule has 1 atom stereocenters. The lowest BCUT2D eigenvalue weighted by Gasteiger charge is -2.24. The number of carbonyl (C=O) groups is 2. The van der Waals surface area contributed by atoms with Gasteiger partial charge in [0, 0.05) is 18.3 Å². The zero-order chi connectivity index (χ0) is 24.2. The molecule has 1 aliphatic heterocycles. The van der Waals surface area contributed by atoms with Gasteiger partial charge in [-0.15, -0.1) is 0 Å². The molecule has 0 aliphatic carbocycles. The molecule has 1 aliphatic rings. The SMILES string of the molecule is COc1cccc(CN2C(=O)C(=O)/C(=C(\O)c3ccc(OC)c(OC)c3)C2c2ccccn2)c1. The van der Waals surface area contributed by atoms with E-state index in [0.29, 0.717) is 28.5 Å². The van der Waals surface area contributed by atoms with Crippen molar-refractivity contribution in [3.8, 4) is 17.2 Å². The fourth-order valence-electron chi connectivity index (χ4n) is 3.99. The number of aromatic nitrogens is 1. The fourth-order valence-corrected chi connectivity index (χ4v) is 3.99. The largest absolute Gasteiger partial charge is 0.507 e. The van der Waals surface area contributed by atoms with Gasteiger partial charge in [-0.05, 0) is 48.0 Å². The molecule has 8 nitrogen and oxygen atoms in total. The molecule has 1 unspecified atom stereocenters. The minimum absolute atomic E-state index is 0.0428. The molecule has 4 rings (SSSR count). The van der Waals surface area contributed by atoms with E-state index in [1.165, 1.54) is 19.1 Å². The number of Topliss-reactive ketones (excluding diaryl/α,β-unsaturated/α-hetero) is 1. The van der Waals surface area contributed by atoms with Gasteiger partial charge in [0.1, 0.15) is 17.6 Å². The van der Waals surface area contributed by atoms with E-state index in [1.54, 1.807) is 61.8 Å². The van der Waals surface area contributed by atoms with Crippen molar-refractivity contribution < 1.29 is 28.9 Å². The zero-order valence-corrected chi connectivity index (χ0v) is 19.0. The Labute approximate surface area is 197 Å². The quantitative estimate of drug-likeness (QED) is 0.326. The molecule has 0 bridgehead atoms. The molecule has 0 spiro atoms. The molecule has 1 amide bonds. The van der Waals surface area contributed by atoms with E-state index in [4.69, 9.17) is 14.2 Å². The molecule has 8 heteroatoms. The first-order chi connectivity index (χ1) is 16.5. The van der Waals surface area contributed by atoms with Crippen LogP contribution in [-0.2, 0) is 16.1 Å². The number of benzene rings is 2. The highest BCUT2D eigenvalue weighted by molar-refractivity contribution is 6.46. The monoisotopic (exact) mass is 460 g/mol. The number of nitrogens with zero attached hydrogens (tertiary/aromatic N) is 2. The minimum atomic E-state index is -0.875. The van der Waals surface area contributed by atoms with Crippen LogP contribution in [0.4, 0.5) is 0 Å². The number of carbonyl (C=O) groups excluding carboxylic acids is 2. The van der Waals surface area contributed by atoms with Crippen molar-refractivity contribution in [2.45, 2.75) is 12.6 Å². The van der Waals surface area contributed by atoms with Crippen LogP contribution in [0.5, 0.6) is 17.2 Å². The summed E-state index contributed by atoms with van der Waals surface area (Å²) in [6.07, 6.45) is 1.58. The van der Waals surface area contributed by atoms with E-state index < -0.39 is 17.7 Å². The van der Waals surface area contributed by atoms with Gasteiger partial charge >= 0.3 is 0 Å². The number of amides is 1. The first kappa shape index (κ1) is 22.8. The second-order valence-electron chi connectivity index (χ2n) is 7.60. The van der Waals surface area contributed by atoms with Crippen LogP contribution in [0.1, 0.15) is 22.9 Å². The number of aliphatic hydroxyl groups is 1. The molecule has 0 saturated carbocycles. The Bertz CT molecular complexity index is 1260. The molecule has 2 aromatic carbocycles. The lowest BCUT2D eigenvalue weighted by atomic mass is 9.98. The van der Waals surface area contributed by atoms with Crippen LogP contribution in [0.15, 0.2) is 72.4 Å². The summed E-state index contributed by atoms with van der Waals surface area (Å²) in [5, 5.41) is 11.2. The van der Waals surface area contributed by atoms with Crippen molar-refractivity contribution >= 4 is 17.4 Å². The molecular formula is C26H24N2O6. The predicted molar refractivity (Wildman–Crippen MR) is 125 cm³/mol. The third-order valence-electron chi connectivity index (χ3n) is 5.65. The van der Waals surface area contributed by atoms with Gasteiger partial charge in [0.15, 0.2) is 11.5 Å². The molecule has 174 valence electrons. The smallest absolute Gasteiger partial charge is 0.296 e. The number of ether oxygens (including phenoxy) is 3. The second kappa shape index (κ2) is 9.66. The molecule has 0 radical (unpaired) electrons. The number of hydrogen-bond donors (Lipinski definition) is 1. The number of pyridine rings is 1. The Hall–Kier alpha value is -4.33. The molecule has 1 N–H and O–H groups in total. The first-order valence-corrected chi connectivity index (χ1v) is 10.5. The Balaban J connectivity index is 1.84. The molecular weight excluding hydrogens is 436 g/mol. The van der Waals surface area contributed by atoms with Crippen LogP contribution in [0.2, 0.25) is 0 Å². The zero-order valence-electron chi connectivity index (χ0n) is 19.0. The van der Waals surface area contributed by atoms with Crippen LogP contribution in [0, 0.1) is 0 Å². The molecule has 34 heavy (non-hydrogen) atoms. The number of rotatable bonds is 7. The van der Waals surface area contributed by atoms with Gasteiger partial charge < -0.3 is 24.2 Å². The van der Waals surface area contributed by atoms with Gasteiger partial charge in [-0.1, -0.05) is 18.2 Å². The lowest BCUT2D eigenvalue weighted by Crippen LogP contribution is -2.29. The van der Waals surface area contributed by atoms with Gasteiger partial charge in [-0.25, -0.2) is 0 Å². The normalized spacial score (nSPS) is 17.0. The molecule has 3 aromatic rings. The predicted octanol–water partition coefficient (Wildman–Crippen LogP) is 3.73. The number of methoxy groups -OCH3 is 3. The summed E-state index contributed by atoms with van der Waals surface area (Å²) in [7, 11) is 4.54. The Kier molecular flexibility index (Phi) is 6.49. The van der Waals surface area contributed by atoms with Crippen molar-refractivity contribution in [1.29, 1.82) is 0 Å². The number of aliphatic hydroxyl groups excluding tert-OH is 1. The van der Waals surface area contributed by atoms with Crippen LogP contribution in [0.3, 0.4) is 0 Å². The average Bonchev–Trinajstić information content (AvgIpc) is 3.13. The molecule has 1 aromatic heterocycles. The van der Waals surface area contributed by atoms with E-state index >= 15 is 0 Å². The maximum Gasteiger partial charge on any atom is 0.296 e.